The molecule has 1 N–H and O–H groups in total. The van der Waals surface area contributed by atoms with Crippen molar-refractivity contribution in [3.05, 3.63) is 0 Å². The molecule has 0 saturated carbocycles. The van der Waals surface area contributed by atoms with Crippen molar-refractivity contribution in [2.75, 3.05) is 26.2 Å². The van der Waals surface area contributed by atoms with Gasteiger partial charge in [-0.05, 0) is 37.8 Å². The molecule has 1 aliphatic heterocycles. The lowest BCUT2D eigenvalue weighted by atomic mass is 9.92. The van der Waals surface area contributed by atoms with Crippen molar-refractivity contribution in [2.45, 2.75) is 26.7 Å². The monoisotopic (exact) mass is 171 g/mol. The zero-order valence-corrected chi connectivity index (χ0v) is 8.29. The molecule has 0 radical (unpaired) electrons. The molecule has 2 unspecified atom stereocenters. The zero-order chi connectivity index (χ0) is 8.97. The predicted molar refractivity (Wildman–Crippen MR) is 51.1 cm³/mol. The average Bonchev–Trinajstić information content (AvgIpc) is 2.20. The summed E-state index contributed by atoms with van der Waals surface area (Å²) in [5, 5.41) is 8.80. The minimum absolute atomic E-state index is 0.308. The predicted octanol–water partition coefficient (Wildman–Crippen LogP) is 1.35. The van der Waals surface area contributed by atoms with E-state index in [0.717, 1.165) is 18.4 Å². The molecule has 1 aliphatic rings. The molecule has 1 fully saturated rings. The van der Waals surface area contributed by atoms with Crippen molar-refractivity contribution in [3.63, 3.8) is 0 Å². The van der Waals surface area contributed by atoms with Crippen molar-refractivity contribution in [1.29, 1.82) is 0 Å². The number of β-amino-alcohol motifs (C(OH)–C–C–N with tert-alkyl or cyclic N) is 1. The third kappa shape index (κ3) is 2.76. The molecule has 0 spiro atoms. The molecule has 1 heterocycles. The van der Waals surface area contributed by atoms with Crippen LogP contribution in [0.1, 0.15) is 26.7 Å². The summed E-state index contributed by atoms with van der Waals surface area (Å²) in [5.41, 5.74) is 0. The van der Waals surface area contributed by atoms with Crippen molar-refractivity contribution in [3.8, 4) is 0 Å². The van der Waals surface area contributed by atoms with Crippen LogP contribution in [0.2, 0.25) is 0 Å². The molecule has 2 nitrogen and oxygen atoms in total. The molecule has 0 aromatic rings. The van der Waals surface area contributed by atoms with Crippen LogP contribution in [0, 0.1) is 11.8 Å². The van der Waals surface area contributed by atoms with Crippen LogP contribution in [0.15, 0.2) is 0 Å². The Morgan fingerprint density at radius 2 is 1.67 bits per heavy atom. The molecule has 12 heavy (non-hydrogen) atoms. The van der Waals surface area contributed by atoms with Crippen LogP contribution in [-0.2, 0) is 0 Å². The molecule has 2 heteroatoms. The van der Waals surface area contributed by atoms with Crippen LogP contribution in [0.5, 0.6) is 0 Å². The van der Waals surface area contributed by atoms with Crippen LogP contribution in [0.3, 0.4) is 0 Å². The molecule has 1 rings (SSSR count). The molecular weight excluding hydrogens is 150 g/mol. The number of rotatable bonds is 2. The largest absolute Gasteiger partial charge is 0.395 e. The smallest absolute Gasteiger partial charge is 0.0558 e. The Balaban J connectivity index is 2.33. The van der Waals surface area contributed by atoms with E-state index < -0.39 is 0 Å². The van der Waals surface area contributed by atoms with Gasteiger partial charge in [-0.1, -0.05) is 13.8 Å². The summed E-state index contributed by atoms with van der Waals surface area (Å²) in [5.74, 6) is 1.71. The number of likely N-dealkylation sites (tertiary alicyclic amines) is 1. The third-order valence-corrected chi connectivity index (χ3v) is 3.19. The Morgan fingerprint density at radius 1 is 1.17 bits per heavy atom. The standard InChI is InChI=1S/C10H21NO/c1-9-3-5-11(7-8-12)6-4-10(9)2/h9-10,12H,3-8H2,1-2H3. The first-order chi connectivity index (χ1) is 5.74. The lowest BCUT2D eigenvalue weighted by Gasteiger charge is -2.17. The Morgan fingerprint density at radius 3 is 2.08 bits per heavy atom. The number of nitrogens with zero attached hydrogens (tertiary/aromatic N) is 1. The normalized spacial score (nSPS) is 33.2. The summed E-state index contributed by atoms with van der Waals surface area (Å²) in [6, 6.07) is 0. The SMILES string of the molecule is CC1CCN(CCO)CCC1C. The van der Waals surface area contributed by atoms with Gasteiger partial charge in [0.2, 0.25) is 0 Å². The number of aliphatic hydroxyl groups excluding tert-OH is 1. The van der Waals surface area contributed by atoms with Gasteiger partial charge in [-0.15, -0.1) is 0 Å². The van der Waals surface area contributed by atoms with E-state index in [-0.39, 0.29) is 0 Å². The fourth-order valence-electron chi connectivity index (χ4n) is 1.82. The Labute approximate surface area is 75.6 Å². The van der Waals surface area contributed by atoms with E-state index in [0.29, 0.717) is 6.61 Å². The maximum absolute atomic E-state index is 8.80. The Kier molecular flexibility index (Phi) is 4.02. The molecule has 0 amide bonds. The van der Waals surface area contributed by atoms with Crippen molar-refractivity contribution >= 4 is 0 Å². The second-order valence-electron chi connectivity index (χ2n) is 4.10. The molecule has 0 aromatic heterocycles. The van der Waals surface area contributed by atoms with Crippen LogP contribution in [0.4, 0.5) is 0 Å². The van der Waals surface area contributed by atoms with Gasteiger partial charge in [-0.2, -0.15) is 0 Å². The second kappa shape index (κ2) is 4.83. The van der Waals surface area contributed by atoms with E-state index in [1.807, 2.05) is 0 Å². The minimum Gasteiger partial charge on any atom is -0.395 e. The maximum atomic E-state index is 8.80. The third-order valence-electron chi connectivity index (χ3n) is 3.19. The summed E-state index contributed by atoms with van der Waals surface area (Å²) in [6.07, 6.45) is 2.59. The fraction of sp³-hybridized carbons (Fsp3) is 1.00. The highest BCUT2D eigenvalue weighted by atomic mass is 16.3. The molecule has 72 valence electrons. The van der Waals surface area contributed by atoms with E-state index in [1.165, 1.54) is 25.9 Å². The quantitative estimate of drug-likeness (QED) is 0.678. The van der Waals surface area contributed by atoms with Gasteiger partial charge in [-0.25, -0.2) is 0 Å². The zero-order valence-electron chi connectivity index (χ0n) is 8.29. The molecular formula is C10H21NO. The van der Waals surface area contributed by atoms with Gasteiger partial charge in [0.1, 0.15) is 0 Å². The van der Waals surface area contributed by atoms with Crippen LogP contribution in [0.25, 0.3) is 0 Å². The molecule has 0 aliphatic carbocycles. The molecule has 2 atom stereocenters. The van der Waals surface area contributed by atoms with Gasteiger partial charge >= 0.3 is 0 Å². The Bertz CT molecular complexity index is 115. The average molecular weight is 171 g/mol. The van der Waals surface area contributed by atoms with E-state index >= 15 is 0 Å². The molecule has 0 aromatic carbocycles. The lowest BCUT2D eigenvalue weighted by molar-refractivity contribution is 0.199. The summed E-state index contributed by atoms with van der Waals surface area (Å²) < 4.78 is 0. The first-order valence-electron chi connectivity index (χ1n) is 5.07. The van der Waals surface area contributed by atoms with Crippen LogP contribution < -0.4 is 0 Å². The maximum Gasteiger partial charge on any atom is 0.0558 e. The highest BCUT2D eigenvalue weighted by Crippen LogP contribution is 2.22. The second-order valence-corrected chi connectivity index (χ2v) is 4.10. The highest BCUT2D eigenvalue weighted by Gasteiger charge is 2.18. The minimum atomic E-state index is 0.308. The van der Waals surface area contributed by atoms with Gasteiger partial charge in [0.15, 0.2) is 0 Å². The number of hydrogen-bond donors (Lipinski definition) is 1. The summed E-state index contributed by atoms with van der Waals surface area (Å²) in [7, 11) is 0. The number of hydrogen-bond acceptors (Lipinski definition) is 2. The van der Waals surface area contributed by atoms with E-state index in [9.17, 15) is 0 Å². The summed E-state index contributed by atoms with van der Waals surface area (Å²) >= 11 is 0. The van der Waals surface area contributed by atoms with Gasteiger partial charge in [0.25, 0.3) is 0 Å². The molecule has 0 bridgehead atoms. The van der Waals surface area contributed by atoms with Crippen molar-refractivity contribution in [2.24, 2.45) is 11.8 Å². The highest BCUT2D eigenvalue weighted by molar-refractivity contribution is 4.71. The van der Waals surface area contributed by atoms with Gasteiger partial charge in [0, 0.05) is 6.54 Å². The van der Waals surface area contributed by atoms with Crippen LogP contribution in [-0.4, -0.2) is 36.2 Å². The van der Waals surface area contributed by atoms with Crippen molar-refractivity contribution < 1.29 is 5.11 Å². The van der Waals surface area contributed by atoms with E-state index in [2.05, 4.69) is 18.7 Å². The van der Waals surface area contributed by atoms with E-state index in [4.69, 9.17) is 5.11 Å². The summed E-state index contributed by atoms with van der Waals surface area (Å²) in [4.78, 5) is 2.38. The fourth-order valence-corrected chi connectivity index (χ4v) is 1.82. The van der Waals surface area contributed by atoms with Crippen molar-refractivity contribution in [1.82, 2.24) is 4.90 Å². The number of aliphatic hydroxyl groups is 1. The van der Waals surface area contributed by atoms with Gasteiger partial charge < -0.3 is 10.0 Å². The first kappa shape index (κ1) is 10.0. The topological polar surface area (TPSA) is 23.5 Å². The molecule has 1 saturated heterocycles. The first-order valence-corrected chi connectivity index (χ1v) is 5.07. The van der Waals surface area contributed by atoms with Gasteiger partial charge in [0.05, 0.1) is 6.61 Å². The van der Waals surface area contributed by atoms with Gasteiger partial charge in [-0.3, -0.25) is 0 Å². The van der Waals surface area contributed by atoms with E-state index in [1.54, 1.807) is 0 Å². The lowest BCUT2D eigenvalue weighted by Crippen LogP contribution is -2.27. The van der Waals surface area contributed by atoms with Crippen LogP contribution >= 0.6 is 0 Å². The Hall–Kier alpha value is -0.0800. The summed E-state index contributed by atoms with van der Waals surface area (Å²) in [6.45, 7) is 8.20.